The highest BCUT2D eigenvalue weighted by Crippen LogP contribution is 2.54. The molecule has 10 aromatic carbocycles. The summed E-state index contributed by atoms with van der Waals surface area (Å²) in [5.41, 5.74) is 13.5. The van der Waals surface area contributed by atoms with Gasteiger partial charge in [0, 0.05) is 22.4 Å². The van der Waals surface area contributed by atoms with E-state index in [-0.39, 0.29) is 5.41 Å². The third-order valence-corrected chi connectivity index (χ3v) is 12.2. The summed E-state index contributed by atoms with van der Waals surface area (Å²) in [6.07, 6.45) is 0. The van der Waals surface area contributed by atoms with E-state index < -0.39 is 0 Å². The highest BCUT2D eigenvalue weighted by Gasteiger charge is 2.37. The van der Waals surface area contributed by atoms with Gasteiger partial charge in [-0.2, -0.15) is 0 Å². The molecule has 56 heavy (non-hydrogen) atoms. The predicted octanol–water partition coefficient (Wildman–Crippen LogP) is 15.4. The van der Waals surface area contributed by atoms with Crippen molar-refractivity contribution in [1.82, 2.24) is 0 Å². The van der Waals surface area contributed by atoms with E-state index in [1.807, 2.05) is 0 Å². The lowest BCUT2D eigenvalue weighted by atomic mass is 9.82. The molecule has 0 saturated heterocycles. The molecule has 0 atom stereocenters. The van der Waals surface area contributed by atoms with Crippen LogP contribution in [-0.2, 0) is 5.41 Å². The third kappa shape index (κ3) is 5.08. The molecule has 1 aliphatic carbocycles. The fourth-order valence-electron chi connectivity index (χ4n) is 9.35. The molecule has 1 nitrogen and oxygen atoms in total. The van der Waals surface area contributed by atoms with E-state index >= 15 is 0 Å². The zero-order valence-electron chi connectivity index (χ0n) is 31.5. The molecular weight excluding hydrogens is 675 g/mol. The lowest BCUT2D eigenvalue weighted by Crippen LogP contribution is -2.16. The average molecular weight is 714 g/mol. The monoisotopic (exact) mass is 713 g/mol. The van der Waals surface area contributed by atoms with E-state index in [0.29, 0.717) is 0 Å². The molecule has 0 fully saturated rings. The van der Waals surface area contributed by atoms with Crippen LogP contribution in [0.1, 0.15) is 25.0 Å². The number of hydrogen-bond acceptors (Lipinski definition) is 1. The minimum absolute atomic E-state index is 0.0983. The quantitative estimate of drug-likeness (QED) is 0.161. The van der Waals surface area contributed by atoms with Crippen molar-refractivity contribution in [1.29, 1.82) is 0 Å². The van der Waals surface area contributed by atoms with E-state index in [9.17, 15) is 0 Å². The van der Waals surface area contributed by atoms with Gasteiger partial charge < -0.3 is 4.90 Å². The van der Waals surface area contributed by atoms with Gasteiger partial charge in [0.05, 0.1) is 5.69 Å². The number of benzene rings is 10. The van der Waals surface area contributed by atoms with Crippen molar-refractivity contribution >= 4 is 60.2 Å². The zero-order chi connectivity index (χ0) is 37.4. The Labute approximate surface area is 327 Å². The standard InChI is InChI=1S/C55H39N/c1-55(2)51-18-8-7-17-50(51)54-52(55)19-10-20-53(54)56(45-15-9-14-40(35-45)42-22-21-36-11-3-4-13-39(36)33-42)44-28-23-37(24-29-44)41-26-30-47-43(34-41)27-32-48-46-16-6-5-12-38(46)25-31-49(47)48/h3-35H,1-2H3. The predicted molar refractivity (Wildman–Crippen MR) is 240 cm³/mol. The maximum absolute atomic E-state index is 2.46. The Balaban J connectivity index is 1.04. The molecule has 0 aliphatic heterocycles. The van der Waals surface area contributed by atoms with E-state index in [1.165, 1.54) is 93.3 Å². The second-order valence-corrected chi connectivity index (χ2v) is 15.7. The molecule has 264 valence electrons. The zero-order valence-corrected chi connectivity index (χ0v) is 31.5. The van der Waals surface area contributed by atoms with Crippen LogP contribution in [0.4, 0.5) is 17.1 Å². The van der Waals surface area contributed by atoms with Crippen LogP contribution in [0.2, 0.25) is 0 Å². The normalized spacial score (nSPS) is 13.0. The summed E-state index contributed by atoms with van der Waals surface area (Å²) in [5, 5.41) is 10.2. The molecular formula is C55H39N. The number of fused-ring (bicyclic) bond motifs is 9. The first kappa shape index (κ1) is 32.5. The Morgan fingerprint density at radius 3 is 1.77 bits per heavy atom. The SMILES string of the molecule is CC1(C)c2ccccc2-c2c(N(c3ccc(-c4ccc5c(ccc6c7ccccc7ccc56)c4)cc3)c3cccc(-c4ccc5ccccc5c4)c3)cccc21. The van der Waals surface area contributed by atoms with Crippen molar-refractivity contribution in [2.45, 2.75) is 19.3 Å². The van der Waals surface area contributed by atoms with E-state index in [2.05, 4.69) is 219 Å². The van der Waals surface area contributed by atoms with Crippen LogP contribution >= 0.6 is 0 Å². The molecule has 1 heteroatoms. The molecule has 0 N–H and O–H groups in total. The van der Waals surface area contributed by atoms with Crippen LogP contribution < -0.4 is 4.90 Å². The second-order valence-electron chi connectivity index (χ2n) is 15.7. The number of anilines is 3. The van der Waals surface area contributed by atoms with Gasteiger partial charge in [-0.05, 0) is 124 Å². The molecule has 0 amide bonds. The van der Waals surface area contributed by atoms with Crippen LogP contribution in [0.5, 0.6) is 0 Å². The van der Waals surface area contributed by atoms with Gasteiger partial charge >= 0.3 is 0 Å². The highest BCUT2D eigenvalue weighted by molar-refractivity contribution is 6.17. The van der Waals surface area contributed by atoms with E-state index in [0.717, 1.165) is 11.4 Å². The van der Waals surface area contributed by atoms with Crippen molar-refractivity contribution in [2.24, 2.45) is 0 Å². The summed E-state index contributed by atoms with van der Waals surface area (Å²) in [5.74, 6) is 0. The minimum Gasteiger partial charge on any atom is -0.310 e. The van der Waals surface area contributed by atoms with Gasteiger partial charge in [0.25, 0.3) is 0 Å². The molecule has 0 aromatic heterocycles. The fourth-order valence-corrected chi connectivity index (χ4v) is 9.35. The van der Waals surface area contributed by atoms with Gasteiger partial charge in [-0.25, -0.2) is 0 Å². The van der Waals surface area contributed by atoms with Crippen molar-refractivity contribution in [3.8, 4) is 33.4 Å². The lowest BCUT2D eigenvalue weighted by molar-refractivity contribution is 0.660. The van der Waals surface area contributed by atoms with Gasteiger partial charge in [0.15, 0.2) is 0 Å². The molecule has 0 spiro atoms. The molecule has 0 bridgehead atoms. The Hall–Kier alpha value is -6.96. The summed E-state index contributed by atoms with van der Waals surface area (Å²) in [6, 6.07) is 74.0. The molecule has 0 radical (unpaired) electrons. The van der Waals surface area contributed by atoms with Gasteiger partial charge in [-0.15, -0.1) is 0 Å². The first-order valence-corrected chi connectivity index (χ1v) is 19.6. The Morgan fingerprint density at radius 2 is 0.911 bits per heavy atom. The second kappa shape index (κ2) is 12.5. The maximum Gasteiger partial charge on any atom is 0.0543 e. The van der Waals surface area contributed by atoms with Crippen LogP contribution in [-0.4, -0.2) is 0 Å². The van der Waals surface area contributed by atoms with Crippen molar-refractivity contribution in [3.63, 3.8) is 0 Å². The first-order chi connectivity index (χ1) is 27.5. The fraction of sp³-hybridized carbons (Fsp3) is 0.0545. The van der Waals surface area contributed by atoms with Crippen molar-refractivity contribution < 1.29 is 0 Å². The summed E-state index contributed by atoms with van der Waals surface area (Å²) >= 11 is 0. The summed E-state index contributed by atoms with van der Waals surface area (Å²) < 4.78 is 0. The summed E-state index contributed by atoms with van der Waals surface area (Å²) in [7, 11) is 0. The Morgan fingerprint density at radius 1 is 0.339 bits per heavy atom. The highest BCUT2D eigenvalue weighted by atomic mass is 15.1. The Kier molecular flexibility index (Phi) is 7.28. The smallest absolute Gasteiger partial charge is 0.0543 e. The van der Waals surface area contributed by atoms with Crippen LogP contribution in [0.25, 0.3) is 76.5 Å². The molecule has 11 rings (SSSR count). The first-order valence-electron chi connectivity index (χ1n) is 19.6. The number of hydrogen-bond donors (Lipinski definition) is 0. The van der Waals surface area contributed by atoms with Gasteiger partial charge in [-0.1, -0.05) is 172 Å². The van der Waals surface area contributed by atoms with Crippen molar-refractivity contribution in [2.75, 3.05) is 4.90 Å². The van der Waals surface area contributed by atoms with Crippen LogP contribution in [0, 0.1) is 0 Å². The van der Waals surface area contributed by atoms with Gasteiger partial charge in [-0.3, -0.25) is 0 Å². The molecule has 0 heterocycles. The van der Waals surface area contributed by atoms with Gasteiger partial charge in [0.2, 0.25) is 0 Å². The van der Waals surface area contributed by atoms with Crippen molar-refractivity contribution in [3.05, 3.63) is 211 Å². The largest absolute Gasteiger partial charge is 0.310 e. The average Bonchev–Trinajstić information content (AvgIpc) is 3.49. The number of nitrogens with zero attached hydrogens (tertiary/aromatic N) is 1. The van der Waals surface area contributed by atoms with Crippen LogP contribution in [0.3, 0.4) is 0 Å². The minimum atomic E-state index is -0.0983. The van der Waals surface area contributed by atoms with Crippen LogP contribution in [0.15, 0.2) is 200 Å². The van der Waals surface area contributed by atoms with E-state index in [4.69, 9.17) is 0 Å². The molecule has 0 unspecified atom stereocenters. The van der Waals surface area contributed by atoms with E-state index in [1.54, 1.807) is 0 Å². The Bertz CT molecular complexity index is 3170. The van der Waals surface area contributed by atoms with Gasteiger partial charge in [0.1, 0.15) is 0 Å². The third-order valence-electron chi connectivity index (χ3n) is 12.2. The summed E-state index contributed by atoms with van der Waals surface area (Å²) in [6.45, 7) is 4.71. The molecule has 0 saturated carbocycles. The molecule has 10 aromatic rings. The number of rotatable bonds is 5. The maximum atomic E-state index is 2.46. The summed E-state index contributed by atoms with van der Waals surface area (Å²) in [4.78, 5) is 2.46. The topological polar surface area (TPSA) is 3.24 Å². The lowest BCUT2D eigenvalue weighted by Gasteiger charge is -2.29. The molecule has 1 aliphatic rings.